The lowest BCUT2D eigenvalue weighted by Gasteiger charge is -2.28. The Balaban J connectivity index is 1.74. The zero-order chi connectivity index (χ0) is 23.9. The van der Waals surface area contributed by atoms with Gasteiger partial charge in [0.05, 0.1) is 16.9 Å². The molecule has 1 amide bonds. The van der Waals surface area contributed by atoms with Crippen LogP contribution in [-0.4, -0.2) is 36.8 Å². The van der Waals surface area contributed by atoms with E-state index in [0.29, 0.717) is 23.3 Å². The molecule has 6 nitrogen and oxygen atoms in total. The molecular weight excluding hydrogens is 438 g/mol. The fourth-order valence-corrected chi connectivity index (χ4v) is 6.02. The number of hydrogen-bond donors (Lipinski definition) is 0. The first-order chi connectivity index (χ1) is 15.6. The van der Waals surface area contributed by atoms with Gasteiger partial charge < -0.3 is 9.32 Å². The average Bonchev–Trinajstić information content (AvgIpc) is 3.13. The highest BCUT2D eigenvalue weighted by Crippen LogP contribution is 2.25. The van der Waals surface area contributed by atoms with E-state index in [1.807, 2.05) is 44.2 Å². The Morgan fingerprint density at radius 1 is 1.12 bits per heavy atom. The van der Waals surface area contributed by atoms with Crippen LogP contribution >= 0.6 is 0 Å². The minimum Gasteiger partial charge on any atom is -0.450 e. The van der Waals surface area contributed by atoms with Crippen LogP contribution in [0, 0.1) is 13.8 Å². The molecule has 0 bridgehead atoms. The molecule has 7 heteroatoms. The van der Waals surface area contributed by atoms with Crippen LogP contribution in [0.4, 0.5) is 0 Å². The summed E-state index contributed by atoms with van der Waals surface area (Å²) in [5, 5.41) is 0.425. The molecule has 1 aliphatic rings. The average molecular weight is 468 g/mol. The first-order valence-electron chi connectivity index (χ1n) is 11.2. The summed E-state index contributed by atoms with van der Waals surface area (Å²) >= 11 is 0. The summed E-state index contributed by atoms with van der Waals surface area (Å²) < 4.78 is 30.3. The normalized spacial score (nSPS) is 17.5. The van der Waals surface area contributed by atoms with E-state index in [-0.39, 0.29) is 29.2 Å². The number of hydrogen-bond acceptors (Lipinski definition) is 5. The summed E-state index contributed by atoms with van der Waals surface area (Å²) in [6.07, 6.45) is 0.369. The number of nitrogens with zero attached hydrogens (tertiary/aromatic N) is 1. The van der Waals surface area contributed by atoms with Crippen molar-refractivity contribution in [2.45, 2.75) is 52.6 Å². The number of carbonyl (C=O) groups is 1. The molecule has 1 saturated heterocycles. The van der Waals surface area contributed by atoms with Crippen molar-refractivity contribution in [2.24, 2.45) is 0 Å². The predicted octanol–water partition coefficient (Wildman–Crippen LogP) is 4.36. The third kappa shape index (κ3) is 4.74. The number of fused-ring (bicyclic) bond motifs is 1. The van der Waals surface area contributed by atoms with Gasteiger partial charge in [-0.25, -0.2) is 8.42 Å². The van der Waals surface area contributed by atoms with Gasteiger partial charge in [0.15, 0.2) is 21.0 Å². The standard InChI is InChI=1S/C26H29NO5S/c1-16(2)20-8-6-19(7-9-20)14-27(21-11-12-33(30,31)15-21)26(29)24-13-23(28)22-10-5-17(3)18(4)25(22)32-24/h5-10,13,16,21H,11-12,14-15H2,1-4H3/t21-/m1/s1. The number of aryl methyl sites for hydroxylation is 2. The van der Waals surface area contributed by atoms with Crippen molar-refractivity contribution < 1.29 is 17.6 Å². The SMILES string of the molecule is Cc1ccc2c(=O)cc(C(=O)N(Cc3ccc(C(C)C)cc3)[C@@H]3CCS(=O)(=O)C3)oc2c1C. The van der Waals surface area contributed by atoms with E-state index in [9.17, 15) is 18.0 Å². The summed E-state index contributed by atoms with van der Waals surface area (Å²) in [6.45, 7) is 8.23. The van der Waals surface area contributed by atoms with Gasteiger partial charge in [0.2, 0.25) is 0 Å². The lowest BCUT2D eigenvalue weighted by molar-refractivity contribution is 0.0648. The van der Waals surface area contributed by atoms with E-state index in [0.717, 1.165) is 16.7 Å². The number of rotatable bonds is 5. The maximum Gasteiger partial charge on any atom is 0.290 e. The van der Waals surface area contributed by atoms with Crippen LogP contribution in [0.25, 0.3) is 11.0 Å². The zero-order valence-corrected chi connectivity index (χ0v) is 20.2. The van der Waals surface area contributed by atoms with Crippen molar-refractivity contribution in [3.63, 3.8) is 0 Å². The molecule has 1 fully saturated rings. The van der Waals surface area contributed by atoms with Gasteiger partial charge in [-0.3, -0.25) is 9.59 Å². The van der Waals surface area contributed by atoms with Crippen molar-refractivity contribution >= 4 is 26.7 Å². The Kier molecular flexibility index (Phi) is 6.18. The number of benzene rings is 2. The zero-order valence-electron chi connectivity index (χ0n) is 19.4. The molecule has 0 spiro atoms. The van der Waals surface area contributed by atoms with Crippen molar-refractivity contribution in [1.82, 2.24) is 4.90 Å². The molecule has 0 N–H and O–H groups in total. The molecule has 2 aromatic carbocycles. The van der Waals surface area contributed by atoms with Gasteiger partial charge in [0.25, 0.3) is 5.91 Å². The van der Waals surface area contributed by atoms with Gasteiger partial charge in [-0.1, -0.05) is 44.2 Å². The van der Waals surface area contributed by atoms with E-state index >= 15 is 0 Å². The van der Waals surface area contributed by atoms with Crippen LogP contribution < -0.4 is 5.43 Å². The van der Waals surface area contributed by atoms with E-state index in [1.165, 1.54) is 11.6 Å². The van der Waals surface area contributed by atoms with E-state index in [2.05, 4.69) is 13.8 Å². The topological polar surface area (TPSA) is 84.7 Å². The lowest BCUT2D eigenvalue weighted by atomic mass is 10.0. The molecule has 4 rings (SSSR count). The third-order valence-corrected chi connectivity index (χ3v) is 8.29. The van der Waals surface area contributed by atoms with E-state index in [1.54, 1.807) is 11.0 Å². The van der Waals surface area contributed by atoms with Gasteiger partial charge >= 0.3 is 0 Å². The first kappa shape index (κ1) is 23.2. The maximum atomic E-state index is 13.6. The fraction of sp³-hybridized carbons (Fsp3) is 0.385. The summed E-state index contributed by atoms with van der Waals surface area (Å²) in [7, 11) is -3.21. The fourth-order valence-electron chi connectivity index (χ4n) is 4.29. The van der Waals surface area contributed by atoms with Crippen LogP contribution in [-0.2, 0) is 16.4 Å². The third-order valence-electron chi connectivity index (χ3n) is 6.54. The minimum atomic E-state index is -3.21. The number of sulfone groups is 1. The molecule has 0 unspecified atom stereocenters. The molecule has 2 heterocycles. The Hall–Kier alpha value is -2.93. The van der Waals surface area contributed by atoms with E-state index in [4.69, 9.17) is 4.42 Å². The van der Waals surface area contributed by atoms with Gasteiger partial charge in [-0.15, -0.1) is 0 Å². The number of carbonyl (C=O) groups excluding carboxylic acids is 1. The Labute approximate surface area is 194 Å². The maximum absolute atomic E-state index is 13.6. The number of amides is 1. The molecule has 0 radical (unpaired) electrons. The lowest BCUT2D eigenvalue weighted by Crippen LogP contribution is -2.41. The van der Waals surface area contributed by atoms with Crippen LogP contribution in [0.5, 0.6) is 0 Å². The van der Waals surface area contributed by atoms with Crippen molar-refractivity contribution in [3.05, 3.63) is 80.7 Å². The quantitative estimate of drug-likeness (QED) is 0.557. The van der Waals surface area contributed by atoms with Gasteiger partial charge in [0, 0.05) is 18.7 Å². The molecule has 3 aromatic rings. The highest BCUT2D eigenvalue weighted by atomic mass is 32.2. The van der Waals surface area contributed by atoms with Crippen molar-refractivity contribution in [3.8, 4) is 0 Å². The van der Waals surface area contributed by atoms with Crippen LogP contribution in [0.3, 0.4) is 0 Å². The molecule has 1 aliphatic heterocycles. The molecular formula is C26H29NO5S. The summed E-state index contributed by atoms with van der Waals surface area (Å²) in [4.78, 5) is 27.9. The second kappa shape index (κ2) is 8.78. The van der Waals surface area contributed by atoms with Gasteiger partial charge in [-0.05, 0) is 54.5 Å². The van der Waals surface area contributed by atoms with E-state index < -0.39 is 21.8 Å². The second-order valence-electron chi connectivity index (χ2n) is 9.25. The van der Waals surface area contributed by atoms with Gasteiger partial charge in [-0.2, -0.15) is 0 Å². The van der Waals surface area contributed by atoms with Crippen LogP contribution in [0.15, 0.2) is 51.7 Å². The molecule has 174 valence electrons. The molecule has 1 atom stereocenters. The van der Waals surface area contributed by atoms with Crippen molar-refractivity contribution in [1.29, 1.82) is 0 Å². The molecule has 0 aliphatic carbocycles. The Morgan fingerprint density at radius 3 is 2.42 bits per heavy atom. The largest absolute Gasteiger partial charge is 0.450 e. The monoisotopic (exact) mass is 467 g/mol. The Morgan fingerprint density at radius 2 is 1.82 bits per heavy atom. The Bertz CT molecular complexity index is 1370. The van der Waals surface area contributed by atoms with Crippen molar-refractivity contribution in [2.75, 3.05) is 11.5 Å². The smallest absolute Gasteiger partial charge is 0.290 e. The van der Waals surface area contributed by atoms with Crippen LogP contribution in [0.1, 0.15) is 59.0 Å². The van der Waals surface area contributed by atoms with Crippen LogP contribution in [0.2, 0.25) is 0 Å². The first-order valence-corrected chi connectivity index (χ1v) is 13.0. The predicted molar refractivity (Wildman–Crippen MR) is 129 cm³/mol. The molecule has 33 heavy (non-hydrogen) atoms. The summed E-state index contributed by atoms with van der Waals surface area (Å²) in [5.41, 5.74) is 3.95. The summed E-state index contributed by atoms with van der Waals surface area (Å²) in [5.74, 6) is -0.184. The summed E-state index contributed by atoms with van der Waals surface area (Å²) in [6, 6.07) is 12.3. The second-order valence-corrected chi connectivity index (χ2v) is 11.5. The molecule has 1 aromatic heterocycles. The highest BCUT2D eigenvalue weighted by Gasteiger charge is 2.36. The molecule has 0 saturated carbocycles. The highest BCUT2D eigenvalue weighted by molar-refractivity contribution is 7.91. The van der Waals surface area contributed by atoms with Gasteiger partial charge in [0.1, 0.15) is 5.58 Å². The minimum absolute atomic E-state index is 0.0493.